The molecule has 1 rings (SSSR count). The van der Waals surface area contributed by atoms with Crippen molar-refractivity contribution in [3.63, 3.8) is 0 Å². The molecular weight excluding hydrogens is 294 g/mol. The van der Waals surface area contributed by atoms with Gasteiger partial charge in [0.1, 0.15) is 12.1 Å². The Bertz CT molecular complexity index is 347. The van der Waals surface area contributed by atoms with Crippen molar-refractivity contribution in [2.75, 3.05) is 23.4 Å². The molecule has 0 aromatic carbocycles. The van der Waals surface area contributed by atoms with Crippen LogP contribution in [0.2, 0.25) is 0 Å². The number of nitrogens with zero attached hydrogens (tertiary/aromatic N) is 3. The molecular formula is C13H22BrN3O. The van der Waals surface area contributed by atoms with E-state index in [0.29, 0.717) is 18.5 Å². The Morgan fingerprint density at radius 1 is 1.39 bits per heavy atom. The predicted octanol–water partition coefficient (Wildman–Crippen LogP) is 3.27. The molecule has 1 heterocycles. The van der Waals surface area contributed by atoms with Crippen LogP contribution in [0.25, 0.3) is 0 Å². The highest BCUT2D eigenvalue weighted by molar-refractivity contribution is 9.09. The van der Waals surface area contributed by atoms with Crippen LogP contribution in [0.3, 0.4) is 0 Å². The summed E-state index contributed by atoms with van der Waals surface area (Å²) in [7, 11) is 0. The molecule has 0 N–H and O–H groups in total. The van der Waals surface area contributed by atoms with Crippen molar-refractivity contribution in [1.82, 2.24) is 9.97 Å². The Morgan fingerprint density at radius 3 is 2.78 bits per heavy atom. The zero-order valence-electron chi connectivity index (χ0n) is 11.4. The van der Waals surface area contributed by atoms with Gasteiger partial charge in [0.05, 0.1) is 6.61 Å². The van der Waals surface area contributed by atoms with E-state index >= 15 is 0 Å². The number of alkyl halides is 1. The van der Waals surface area contributed by atoms with Crippen LogP contribution >= 0.6 is 15.9 Å². The molecule has 0 aliphatic carbocycles. The zero-order chi connectivity index (χ0) is 13.4. The second-order valence-corrected chi connectivity index (χ2v) is 5.19. The van der Waals surface area contributed by atoms with Crippen LogP contribution in [0.1, 0.15) is 33.6 Å². The number of halogens is 1. The first kappa shape index (κ1) is 15.2. The lowest BCUT2D eigenvalue weighted by atomic mass is 10.3. The summed E-state index contributed by atoms with van der Waals surface area (Å²) in [4.78, 5) is 10.7. The van der Waals surface area contributed by atoms with Crippen molar-refractivity contribution in [2.24, 2.45) is 0 Å². The van der Waals surface area contributed by atoms with Crippen LogP contribution in [0.5, 0.6) is 5.88 Å². The van der Waals surface area contributed by atoms with Gasteiger partial charge >= 0.3 is 0 Å². The molecule has 1 aromatic rings. The van der Waals surface area contributed by atoms with Gasteiger partial charge in [0, 0.05) is 24.0 Å². The van der Waals surface area contributed by atoms with E-state index in [-0.39, 0.29) is 0 Å². The predicted molar refractivity (Wildman–Crippen MR) is 78.7 cm³/mol. The van der Waals surface area contributed by atoms with Gasteiger partial charge in [-0.25, -0.2) is 9.97 Å². The topological polar surface area (TPSA) is 38.2 Å². The molecule has 0 unspecified atom stereocenters. The molecule has 0 saturated carbocycles. The Kier molecular flexibility index (Phi) is 7.01. The maximum atomic E-state index is 5.54. The summed E-state index contributed by atoms with van der Waals surface area (Å²) in [6, 6.07) is 2.34. The first-order valence-corrected chi connectivity index (χ1v) is 7.58. The van der Waals surface area contributed by atoms with Crippen LogP contribution in [0, 0.1) is 0 Å². The fraction of sp³-hybridized carbons (Fsp3) is 0.692. The van der Waals surface area contributed by atoms with Gasteiger partial charge in [-0.05, 0) is 26.7 Å². The normalized spacial score (nSPS) is 10.7. The van der Waals surface area contributed by atoms with Crippen molar-refractivity contribution in [1.29, 1.82) is 0 Å². The van der Waals surface area contributed by atoms with Gasteiger partial charge in [-0.3, -0.25) is 0 Å². The molecule has 4 nitrogen and oxygen atoms in total. The summed E-state index contributed by atoms with van der Waals surface area (Å²) in [6.45, 7) is 8.09. The minimum atomic E-state index is 0.415. The van der Waals surface area contributed by atoms with Gasteiger partial charge in [0.15, 0.2) is 0 Å². The minimum absolute atomic E-state index is 0.415. The Labute approximate surface area is 118 Å². The third kappa shape index (κ3) is 4.80. The fourth-order valence-corrected chi connectivity index (χ4v) is 1.89. The SMILES string of the molecule is CCCOc1cc(N(CCCBr)C(C)C)ncn1. The summed E-state index contributed by atoms with van der Waals surface area (Å²) in [5.41, 5.74) is 0. The zero-order valence-corrected chi connectivity index (χ0v) is 13.0. The largest absolute Gasteiger partial charge is 0.478 e. The van der Waals surface area contributed by atoms with E-state index in [9.17, 15) is 0 Å². The van der Waals surface area contributed by atoms with E-state index in [0.717, 1.165) is 30.5 Å². The molecule has 0 atom stereocenters. The molecule has 0 bridgehead atoms. The van der Waals surface area contributed by atoms with Gasteiger partial charge < -0.3 is 9.64 Å². The number of aromatic nitrogens is 2. The van der Waals surface area contributed by atoms with Crippen LogP contribution in [0.4, 0.5) is 5.82 Å². The maximum Gasteiger partial charge on any atom is 0.218 e. The molecule has 5 heteroatoms. The highest BCUT2D eigenvalue weighted by Crippen LogP contribution is 2.18. The molecule has 0 spiro atoms. The molecule has 0 radical (unpaired) electrons. The highest BCUT2D eigenvalue weighted by atomic mass is 79.9. The first-order valence-electron chi connectivity index (χ1n) is 6.46. The van der Waals surface area contributed by atoms with E-state index in [1.54, 1.807) is 6.33 Å². The molecule has 102 valence electrons. The van der Waals surface area contributed by atoms with E-state index in [2.05, 4.69) is 51.6 Å². The molecule has 18 heavy (non-hydrogen) atoms. The summed E-state index contributed by atoms with van der Waals surface area (Å²) >= 11 is 3.46. The van der Waals surface area contributed by atoms with Crippen molar-refractivity contribution >= 4 is 21.7 Å². The summed E-state index contributed by atoms with van der Waals surface area (Å²) in [5.74, 6) is 1.60. The van der Waals surface area contributed by atoms with Gasteiger partial charge in [-0.2, -0.15) is 0 Å². The second kappa shape index (κ2) is 8.29. The van der Waals surface area contributed by atoms with E-state index < -0.39 is 0 Å². The Balaban J connectivity index is 2.77. The van der Waals surface area contributed by atoms with Crippen LogP contribution in [0.15, 0.2) is 12.4 Å². The van der Waals surface area contributed by atoms with Crippen molar-refractivity contribution < 1.29 is 4.74 Å². The fourth-order valence-electron chi connectivity index (χ4n) is 1.64. The van der Waals surface area contributed by atoms with Gasteiger partial charge in [-0.1, -0.05) is 22.9 Å². The summed E-state index contributed by atoms with van der Waals surface area (Å²) in [6.07, 6.45) is 3.65. The van der Waals surface area contributed by atoms with E-state index in [4.69, 9.17) is 4.74 Å². The van der Waals surface area contributed by atoms with Crippen molar-refractivity contribution in [2.45, 2.75) is 39.7 Å². The summed E-state index contributed by atoms with van der Waals surface area (Å²) < 4.78 is 5.54. The standard InChI is InChI=1S/C13H22BrN3O/c1-4-8-18-13-9-12(15-10-16-13)17(11(2)3)7-5-6-14/h9-11H,4-8H2,1-3H3. The van der Waals surface area contributed by atoms with Gasteiger partial charge in [-0.15, -0.1) is 0 Å². The number of hydrogen-bond acceptors (Lipinski definition) is 4. The first-order chi connectivity index (χ1) is 8.69. The summed E-state index contributed by atoms with van der Waals surface area (Å²) in [5, 5.41) is 1.00. The maximum absolute atomic E-state index is 5.54. The second-order valence-electron chi connectivity index (χ2n) is 4.39. The van der Waals surface area contributed by atoms with E-state index in [1.165, 1.54) is 0 Å². The Hall–Kier alpha value is -0.840. The van der Waals surface area contributed by atoms with Crippen LogP contribution in [-0.4, -0.2) is 34.5 Å². The Morgan fingerprint density at radius 2 is 2.17 bits per heavy atom. The number of ether oxygens (including phenoxy) is 1. The average molecular weight is 316 g/mol. The quantitative estimate of drug-likeness (QED) is 0.690. The third-order valence-corrected chi connectivity index (χ3v) is 3.09. The molecule has 0 aliphatic rings. The number of rotatable bonds is 8. The molecule has 0 amide bonds. The number of hydrogen-bond donors (Lipinski definition) is 0. The number of anilines is 1. The van der Waals surface area contributed by atoms with E-state index in [1.807, 2.05) is 6.07 Å². The van der Waals surface area contributed by atoms with Crippen molar-refractivity contribution in [3.05, 3.63) is 12.4 Å². The third-order valence-electron chi connectivity index (χ3n) is 2.53. The molecule has 0 saturated heterocycles. The monoisotopic (exact) mass is 315 g/mol. The van der Waals surface area contributed by atoms with Gasteiger partial charge in [0.2, 0.25) is 5.88 Å². The van der Waals surface area contributed by atoms with Crippen LogP contribution < -0.4 is 9.64 Å². The lowest BCUT2D eigenvalue weighted by Gasteiger charge is -2.27. The smallest absolute Gasteiger partial charge is 0.218 e. The molecule has 1 aromatic heterocycles. The lowest BCUT2D eigenvalue weighted by Crippen LogP contribution is -2.32. The lowest BCUT2D eigenvalue weighted by molar-refractivity contribution is 0.304. The average Bonchev–Trinajstić information content (AvgIpc) is 2.37. The minimum Gasteiger partial charge on any atom is -0.478 e. The molecule has 0 aliphatic heterocycles. The molecule has 0 fully saturated rings. The van der Waals surface area contributed by atoms with Crippen LogP contribution in [-0.2, 0) is 0 Å². The highest BCUT2D eigenvalue weighted by Gasteiger charge is 2.12. The van der Waals surface area contributed by atoms with Crippen molar-refractivity contribution in [3.8, 4) is 5.88 Å². The van der Waals surface area contributed by atoms with Gasteiger partial charge in [0.25, 0.3) is 0 Å².